The number of aliphatic imine (C=N–C) groups is 1. The minimum atomic E-state index is -0.249. The van der Waals surface area contributed by atoms with Crippen LogP contribution >= 0.6 is 24.0 Å². The number of para-hydroxylation sites is 1. The highest BCUT2D eigenvalue weighted by Gasteiger charge is 2.14. The van der Waals surface area contributed by atoms with Gasteiger partial charge in [0.15, 0.2) is 5.96 Å². The highest BCUT2D eigenvalue weighted by atomic mass is 127. The highest BCUT2D eigenvalue weighted by Crippen LogP contribution is 2.23. The average molecular weight is 462 g/mol. The largest absolute Gasteiger partial charge is 0.488 e. The number of carbonyl (C=O) groups is 1. The van der Waals surface area contributed by atoms with Gasteiger partial charge < -0.3 is 20.7 Å². The first-order valence-electron chi connectivity index (χ1n) is 8.35. The zero-order valence-electron chi connectivity index (χ0n) is 15.8. The third-order valence-corrected chi connectivity index (χ3v) is 2.93. The molecule has 0 saturated carbocycles. The van der Waals surface area contributed by atoms with Crippen LogP contribution in [0.1, 0.15) is 40.2 Å². The lowest BCUT2D eigenvalue weighted by Crippen LogP contribution is -2.41. The fraction of sp³-hybridized carbons (Fsp3) is 0.556. The quantitative estimate of drug-likeness (QED) is 0.252. The third-order valence-electron chi connectivity index (χ3n) is 2.93. The highest BCUT2D eigenvalue weighted by molar-refractivity contribution is 14.0. The molecule has 1 rings (SSSR count). The molecule has 0 atom stereocenters. The fourth-order valence-electron chi connectivity index (χ4n) is 1.99. The number of rotatable bonds is 7. The van der Waals surface area contributed by atoms with E-state index in [0.717, 1.165) is 17.9 Å². The second-order valence-electron chi connectivity index (χ2n) is 6.43. The number of halogens is 1. The van der Waals surface area contributed by atoms with Gasteiger partial charge in [0.2, 0.25) is 5.91 Å². The second-order valence-corrected chi connectivity index (χ2v) is 6.43. The van der Waals surface area contributed by atoms with E-state index in [9.17, 15) is 4.79 Å². The Morgan fingerprint density at radius 3 is 2.36 bits per heavy atom. The molecular weight excluding hydrogens is 431 g/mol. The third kappa shape index (κ3) is 10.9. The number of amides is 1. The van der Waals surface area contributed by atoms with Crippen LogP contribution in [0.15, 0.2) is 29.3 Å². The zero-order chi connectivity index (χ0) is 18.0. The van der Waals surface area contributed by atoms with Gasteiger partial charge in [-0.1, -0.05) is 18.2 Å². The molecule has 0 aliphatic rings. The SMILES string of the molecule is CCNC(=NCc1ccccc1OC(C)(C)C)NCCNC(C)=O.I. The molecular formula is C18H31IN4O2. The van der Waals surface area contributed by atoms with E-state index in [4.69, 9.17) is 4.74 Å². The van der Waals surface area contributed by atoms with Crippen molar-refractivity contribution in [2.45, 2.75) is 46.8 Å². The summed E-state index contributed by atoms with van der Waals surface area (Å²) in [6, 6.07) is 7.93. The maximum absolute atomic E-state index is 10.9. The Morgan fingerprint density at radius 1 is 1.12 bits per heavy atom. The smallest absolute Gasteiger partial charge is 0.216 e. The molecule has 1 aromatic rings. The van der Waals surface area contributed by atoms with Crippen LogP contribution in [-0.2, 0) is 11.3 Å². The molecule has 0 unspecified atom stereocenters. The van der Waals surface area contributed by atoms with Crippen LogP contribution < -0.4 is 20.7 Å². The number of ether oxygens (including phenoxy) is 1. The van der Waals surface area contributed by atoms with Crippen molar-refractivity contribution < 1.29 is 9.53 Å². The topological polar surface area (TPSA) is 74.8 Å². The predicted octanol–water partition coefficient (Wildman–Crippen LogP) is 2.67. The van der Waals surface area contributed by atoms with Gasteiger partial charge in [0.1, 0.15) is 11.4 Å². The van der Waals surface area contributed by atoms with Crippen molar-refractivity contribution in [3.8, 4) is 5.75 Å². The molecule has 1 aromatic carbocycles. The molecule has 0 aromatic heterocycles. The summed E-state index contributed by atoms with van der Waals surface area (Å²) in [6.07, 6.45) is 0. The molecule has 0 bridgehead atoms. The fourth-order valence-corrected chi connectivity index (χ4v) is 1.99. The minimum absolute atomic E-state index is 0. The lowest BCUT2D eigenvalue weighted by Gasteiger charge is -2.23. The number of benzene rings is 1. The summed E-state index contributed by atoms with van der Waals surface area (Å²) < 4.78 is 5.99. The van der Waals surface area contributed by atoms with Gasteiger partial charge in [-0.15, -0.1) is 24.0 Å². The van der Waals surface area contributed by atoms with Gasteiger partial charge in [0.05, 0.1) is 6.54 Å². The summed E-state index contributed by atoms with van der Waals surface area (Å²) in [5.41, 5.74) is 0.785. The number of hydrogen-bond donors (Lipinski definition) is 3. The molecule has 0 radical (unpaired) electrons. The molecule has 7 heteroatoms. The summed E-state index contributed by atoms with van der Waals surface area (Å²) in [4.78, 5) is 15.5. The monoisotopic (exact) mass is 462 g/mol. The molecule has 25 heavy (non-hydrogen) atoms. The van der Waals surface area contributed by atoms with Crippen molar-refractivity contribution in [2.24, 2.45) is 4.99 Å². The first-order valence-corrected chi connectivity index (χ1v) is 8.35. The molecule has 0 fully saturated rings. The molecule has 0 aliphatic carbocycles. The second kappa shape index (κ2) is 11.9. The Balaban J connectivity index is 0.00000576. The van der Waals surface area contributed by atoms with Crippen molar-refractivity contribution in [1.29, 1.82) is 0 Å². The van der Waals surface area contributed by atoms with Crippen LogP contribution in [-0.4, -0.2) is 37.1 Å². The van der Waals surface area contributed by atoms with Crippen molar-refractivity contribution in [2.75, 3.05) is 19.6 Å². The number of nitrogens with one attached hydrogen (secondary N) is 3. The lowest BCUT2D eigenvalue weighted by atomic mass is 10.1. The number of hydrogen-bond acceptors (Lipinski definition) is 3. The van der Waals surface area contributed by atoms with E-state index in [0.29, 0.717) is 25.6 Å². The Morgan fingerprint density at radius 2 is 1.76 bits per heavy atom. The standard InChI is InChI=1S/C18H30N4O2.HI/c1-6-19-17(21-12-11-20-14(2)23)22-13-15-9-7-8-10-16(15)24-18(3,4)5;/h7-10H,6,11-13H2,1-5H3,(H,20,23)(H2,19,21,22);1H. The van der Waals surface area contributed by atoms with E-state index in [-0.39, 0.29) is 35.5 Å². The van der Waals surface area contributed by atoms with Crippen LogP contribution in [0.25, 0.3) is 0 Å². The Kier molecular flexibility index (Phi) is 11.2. The zero-order valence-corrected chi connectivity index (χ0v) is 18.1. The molecule has 0 heterocycles. The molecule has 0 aliphatic heterocycles. The Labute approximate surface area is 168 Å². The summed E-state index contributed by atoms with van der Waals surface area (Å²) in [7, 11) is 0. The summed E-state index contributed by atoms with van der Waals surface area (Å²) >= 11 is 0. The van der Waals surface area contributed by atoms with E-state index in [1.54, 1.807) is 0 Å². The Hall–Kier alpha value is -1.51. The van der Waals surface area contributed by atoms with Crippen molar-refractivity contribution >= 4 is 35.8 Å². The number of nitrogens with zero attached hydrogens (tertiary/aromatic N) is 1. The maximum Gasteiger partial charge on any atom is 0.216 e. The molecule has 3 N–H and O–H groups in total. The maximum atomic E-state index is 10.9. The molecule has 1 amide bonds. The van der Waals surface area contributed by atoms with E-state index in [1.807, 2.05) is 52.0 Å². The van der Waals surface area contributed by atoms with E-state index in [2.05, 4.69) is 20.9 Å². The van der Waals surface area contributed by atoms with E-state index >= 15 is 0 Å². The normalized spacial score (nSPS) is 11.3. The van der Waals surface area contributed by atoms with Crippen molar-refractivity contribution in [1.82, 2.24) is 16.0 Å². The number of guanidine groups is 1. The van der Waals surface area contributed by atoms with Gasteiger partial charge >= 0.3 is 0 Å². The lowest BCUT2D eigenvalue weighted by molar-refractivity contribution is -0.118. The Bertz CT molecular complexity index is 556. The number of carbonyl (C=O) groups excluding carboxylic acids is 1. The van der Waals surface area contributed by atoms with Crippen LogP contribution in [0.2, 0.25) is 0 Å². The molecule has 6 nitrogen and oxygen atoms in total. The molecule has 142 valence electrons. The average Bonchev–Trinajstić information content (AvgIpc) is 2.48. The van der Waals surface area contributed by atoms with Gasteiger partial charge in [-0.25, -0.2) is 4.99 Å². The van der Waals surface area contributed by atoms with Gasteiger partial charge in [-0.3, -0.25) is 4.79 Å². The van der Waals surface area contributed by atoms with Gasteiger partial charge in [-0.05, 0) is 33.8 Å². The van der Waals surface area contributed by atoms with E-state index in [1.165, 1.54) is 6.92 Å². The van der Waals surface area contributed by atoms with Crippen LogP contribution in [0.3, 0.4) is 0 Å². The van der Waals surface area contributed by atoms with E-state index < -0.39 is 0 Å². The first-order chi connectivity index (χ1) is 11.3. The van der Waals surface area contributed by atoms with Crippen LogP contribution in [0, 0.1) is 0 Å². The summed E-state index contributed by atoms with van der Waals surface area (Å²) in [6.45, 7) is 12.1. The molecule has 0 spiro atoms. The minimum Gasteiger partial charge on any atom is -0.488 e. The van der Waals surface area contributed by atoms with Crippen molar-refractivity contribution in [3.05, 3.63) is 29.8 Å². The molecule has 0 saturated heterocycles. The first kappa shape index (κ1) is 23.5. The van der Waals surface area contributed by atoms with Crippen LogP contribution in [0.5, 0.6) is 5.75 Å². The van der Waals surface area contributed by atoms with Gasteiger partial charge in [0.25, 0.3) is 0 Å². The summed E-state index contributed by atoms with van der Waals surface area (Å²) in [5, 5.41) is 9.14. The van der Waals surface area contributed by atoms with Crippen molar-refractivity contribution in [3.63, 3.8) is 0 Å². The van der Waals surface area contributed by atoms with Gasteiger partial charge in [-0.2, -0.15) is 0 Å². The van der Waals surface area contributed by atoms with Crippen LogP contribution in [0.4, 0.5) is 0 Å². The summed E-state index contributed by atoms with van der Waals surface area (Å²) in [5.74, 6) is 1.53. The van der Waals surface area contributed by atoms with Gasteiger partial charge in [0, 0.05) is 32.1 Å². The predicted molar refractivity (Wildman–Crippen MR) is 114 cm³/mol.